The minimum absolute atomic E-state index is 0.0473. The zero-order valence-corrected chi connectivity index (χ0v) is 12.1. The molecule has 20 heavy (non-hydrogen) atoms. The quantitative estimate of drug-likeness (QED) is 0.317. The van der Waals surface area contributed by atoms with E-state index in [4.69, 9.17) is 10.9 Å². The Balaban J connectivity index is 1.61. The third kappa shape index (κ3) is 2.50. The highest BCUT2D eigenvalue weighted by atomic mass is 16.4. The molecule has 4 aliphatic carbocycles. The highest BCUT2D eigenvalue weighted by Crippen LogP contribution is 2.61. The molecule has 1 atom stereocenters. The van der Waals surface area contributed by atoms with Gasteiger partial charge in [-0.25, -0.2) is 0 Å². The van der Waals surface area contributed by atoms with Gasteiger partial charge in [0.05, 0.1) is 6.04 Å². The van der Waals surface area contributed by atoms with Crippen LogP contribution in [0, 0.1) is 23.2 Å². The lowest BCUT2D eigenvalue weighted by molar-refractivity contribution is -0.129. The molecule has 0 aromatic rings. The lowest BCUT2D eigenvalue weighted by atomic mass is 9.49. The van der Waals surface area contributed by atoms with Crippen molar-refractivity contribution < 1.29 is 10.0 Å². The second-order valence-electron chi connectivity index (χ2n) is 7.41. The predicted octanol–water partition coefficient (Wildman–Crippen LogP) is 1.84. The third-order valence-electron chi connectivity index (χ3n) is 5.64. The number of nitrogens with zero attached hydrogens (tertiary/aromatic N) is 1. The van der Waals surface area contributed by atoms with Crippen molar-refractivity contribution in [3.8, 4) is 0 Å². The van der Waals surface area contributed by atoms with Crippen LogP contribution in [-0.4, -0.2) is 23.0 Å². The number of carbonyl (C=O) groups is 1. The summed E-state index contributed by atoms with van der Waals surface area (Å²) in [6.45, 7) is 1.74. The predicted molar refractivity (Wildman–Crippen MR) is 76.2 cm³/mol. The molecule has 1 amide bonds. The number of rotatable bonds is 4. The smallest absolute Gasteiger partial charge is 0.221 e. The molecule has 0 saturated heterocycles. The molecular formula is C15H25N3O2. The molecule has 4 N–H and O–H groups in total. The second-order valence-corrected chi connectivity index (χ2v) is 7.41. The zero-order valence-electron chi connectivity index (χ0n) is 12.1. The third-order valence-corrected chi connectivity index (χ3v) is 5.64. The Bertz CT molecular complexity index is 398. The van der Waals surface area contributed by atoms with Gasteiger partial charge in [-0.15, -0.1) is 0 Å². The molecule has 0 heterocycles. The number of amides is 1. The second kappa shape index (κ2) is 4.93. The summed E-state index contributed by atoms with van der Waals surface area (Å²) in [5, 5.41) is 14.4. The first-order valence-electron chi connectivity index (χ1n) is 7.76. The van der Waals surface area contributed by atoms with Crippen molar-refractivity contribution in [1.82, 2.24) is 5.32 Å². The number of nitrogens with one attached hydrogen (secondary N) is 1. The number of hydrogen-bond acceptors (Lipinski definition) is 3. The standard InChI is InChI=1S/C15H25N3O2/c1-9(14(16)18-20)17-13(19)8-15-5-10-2-11(6-15)4-12(3-10)7-15/h9-12,20H,2-8H2,1H3,(H2,16,18)(H,17,19). The Kier molecular flexibility index (Phi) is 3.38. The maximum absolute atomic E-state index is 12.3. The van der Waals surface area contributed by atoms with Crippen LogP contribution < -0.4 is 11.1 Å². The first-order chi connectivity index (χ1) is 9.49. The summed E-state index contributed by atoms with van der Waals surface area (Å²) in [4.78, 5) is 12.3. The largest absolute Gasteiger partial charge is 0.409 e. The van der Waals surface area contributed by atoms with Gasteiger partial charge >= 0.3 is 0 Å². The van der Waals surface area contributed by atoms with Gasteiger partial charge in [-0.1, -0.05) is 5.16 Å². The summed E-state index contributed by atoms with van der Waals surface area (Å²) in [6, 6.07) is -0.401. The van der Waals surface area contributed by atoms with Gasteiger partial charge in [0.15, 0.2) is 5.84 Å². The molecule has 0 aromatic carbocycles. The number of carbonyl (C=O) groups excluding carboxylic acids is 1. The van der Waals surface area contributed by atoms with E-state index >= 15 is 0 Å². The lowest BCUT2D eigenvalue weighted by Crippen LogP contribution is -2.49. The summed E-state index contributed by atoms with van der Waals surface area (Å²) in [5.74, 6) is 2.68. The van der Waals surface area contributed by atoms with Crippen molar-refractivity contribution in [2.24, 2.45) is 34.1 Å². The molecule has 4 fully saturated rings. The Morgan fingerprint density at radius 2 is 1.80 bits per heavy atom. The van der Waals surface area contributed by atoms with Crippen molar-refractivity contribution in [1.29, 1.82) is 0 Å². The first-order valence-corrected chi connectivity index (χ1v) is 7.76. The summed E-state index contributed by atoms with van der Waals surface area (Å²) >= 11 is 0. The van der Waals surface area contributed by atoms with Gasteiger partial charge in [-0.2, -0.15) is 0 Å². The average Bonchev–Trinajstić information content (AvgIpc) is 2.34. The Labute approximate surface area is 120 Å². The summed E-state index contributed by atoms with van der Waals surface area (Å²) in [6.07, 6.45) is 8.46. The van der Waals surface area contributed by atoms with Crippen molar-refractivity contribution in [2.75, 3.05) is 0 Å². The molecule has 1 unspecified atom stereocenters. The van der Waals surface area contributed by atoms with E-state index in [0.29, 0.717) is 6.42 Å². The topological polar surface area (TPSA) is 87.7 Å². The monoisotopic (exact) mass is 279 g/mol. The van der Waals surface area contributed by atoms with Crippen molar-refractivity contribution in [3.05, 3.63) is 0 Å². The number of amidine groups is 1. The molecule has 0 spiro atoms. The fraction of sp³-hybridized carbons (Fsp3) is 0.867. The van der Waals surface area contributed by atoms with Crippen molar-refractivity contribution >= 4 is 11.7 Å². The van der Waals surface area contributed by atoms with Crippen LogP contribution >= 0.6 is 0 Å². The van der Waals surface area contributed by atoms with E-state index in [1.165, 1.54) is 38.5 Å². The van der Waals surface area contributed by atoms with E-state index in [-0.39, 0.29) is 17.2 Å². The van der Waals surface area contributed by atoms with E-state index in [2.05, 4.69) is 10.5 Å². The van der Waals surface area contributed by atoms with Crippen LogP contribution in [0.2, 0.25) is 0 Å². The molecule has 4 saturated carbocycles. The molecule has 4 bridgehead atoms. The van der Waals surface area contributed by atoms with Gasteiger partial charge in [0.2, 0.25) is 5.91 Å². The van der Waals surface area contributed by atoms with Gasteiger partial charge in [0.1, 0.15) is 0 Å². The maximum Gasteiger partial charge on any atom is 0.221 e. The Morgan fingerprint density at radius 3 is 2.25 bits per heavy atom. The maximum atomic E-state index is 12.3. The van der Waals surface area contributed by atoms with Crippen LogP contribution in [0.25, 0.3) is 0 Å². The van der Waals surface area contributed by atoms with Crippen LogP contribution in [0.3, 0.4) is 0 Å². The molecule has 0 aromatic heterocycles. The molecule has 4 aliphatic rings. The number of oxime groups is 1. The molecule has 0 radical (unpaired) electrons. The Hall–Kier alpha value is -1.26. The molecule has 5 nitrogen and oxygen atoms in total. The van der Waals surface area contributed by atoms with E-state index < -0.39 is 6.04 Å². The van der Waals surface area contributed by atoms with Crippen molar-refractivity contribution in [2.45, 2.75) is 57.9 Å². The Morgan fingerprint density at radius 1 is 1.30 bits per heavy atom. The van der Waals surface area contributed by atoms with E-state index in [9.17, 15) is 4.79 Å². The summed E-state index contributed by atoms with van der Waals surface area (Å²) < 4.78 is 0. The van der Waals surface area contributed by atoms with Crippen LogP contribution in [0.5, 0.6) is 0 Å². The van der Waals surface area contributed by atoms with Crippen molar-refractivity contribution in [3.63, 3.8) is 0 Å². The molecule has 0 aliphatic heterocycles. The summed E-state index contributed by atoms with van der Waals surface area (Å²) in [5.41, 5.74) is 5.75. The van der Waals surface area contributed by atoms with Crippen LogP contribution in [0.1, 0.15) is 51.9 Å². The highest BCUT2D eigenvalue weighted by Gasteiger charge is 2.51. The minimum atomic E-state index is -0.401. The zero-order chi connectivity index (χ0) is 14.3. The van der Waals surface area contributed by atoms with E-state index in [1.807, 2.05) is 0 Å². The molecule has 4 rings (SSSR count). The van der Waals surface area contributed by atoms with Gasteiger partial charge in [-0.05, 0) is 68.6 Å². The normalized spacial score (nSPS) is 40.6. The summed E-state index contributed by atoms with van der Waals surface area (Å²) in [7, 11) is 0. The van der Waals surface area contributed by atoms with Crippen LogP contribution in [-0.2, 0) is 4.79 Å². The van der Waals surface area contributed by atoms with Crippen LogP contribution in [0.15, 0.2) is 5.16 Å². The minimum Gasteiger partial charge on any atom is -0.409 e. The van der Waals surface area contributed by atoms with Gasteiger partial charge in [0, 0.05) is 6.42 Å². The average molecular weight is 279 g/mol. The SMILES string of the molecule is CC(NC(=O)CC12CC3CC(CC(C3)C1)C2)C(N)=NO. The fourth-order valence-electron chi connectivity index (χ4n) is 5.30. The van der Waals surface area contributed by atoms with E-state index in [1.54, 1.807) is 6.92 Å². The molecule has 5 heteroatoms. The lowest BCUT2D eigenvalue weighted by Gasteiger charge is -2.56. The van der Waals surface area contributed by atoms with E-state index in [0.717, 1.165) is 17.8 Å². The van der Waals surface area contributed by atoms with Gasteiger partial charge in [-0.3, -0.25) is 4.79 Å². The number of hydrogen-bond donors (Lipinski definition) is 3. The first kappa shape index (κ1) is 13.7. The fourth-order valence-corrected chi connectivity index (χ4v) is 5.30. The highest BCUT2D eigenvalue weighted by molar-refractivity contribution is 5.89. The van der Waals surface area contributed by atoms with Gasteiger partial charge < -0.3 is 16.3 Å². The number of nitrogens with two attached hydrogens (primary N) is 1. The molecule has 112 valence electrons. The van der Waals surface area contributed by atoms with Gasteiger partial charge in [0.25, 0.3) is 0 Å². The molecular weight excluding hydrogens is 254 g/mol. The van der Waals surface area contributed by atoms with Crippen LogP contribution in [0.4, 0.5) is 0 Å².